The monoisotopic (exact) mass is 652 g/mol. The van der Waals surface area contributed by atoms with Crippen molar-refractivity contribution in [2.24, 2.45) is 0 Å². The zero-order chi connectivity index (χ0) is 33.8. The molecule has 1 N–H and O–H groups in total. The molecule has 46 heavy (non-hydrogen) atoms. The van der Waals surface area contributed by atoms with Crippen molar-refractivity contribution in [1.82, 2.24) is 0 Å². The molecule has 0 radical (unpaired) electrons. The van der Waals surface area contributed by atoms with Gasteiger partial charge in [-0.25, -0.2) is 0 Å². The van der Waals surface area contributed by atoms with Crippen LogP contribution in [0.4, 0.5) is 0 Å². The Labute approximate surface area is 277 Å². The smallest absolute Gasteiger partial charge is 0.261 e. The maximum absolute atomic E-state index is 11.6. The molecule has 0 spiro atoms. The number of Topliss-reactive ketones (excluding diaryl/α,β-unsaturated/α-hetero) is 1. The van der Waals surface area contributed by atoms with Gasteiger partial charge in [-0.2, -0.15) is 0 Å². The summed E-state index contributed by atoms with van der Waals surface area (Å²) in [4.78, 5) is 11.6. The summed E-state index contributed by atoms with van der Waals surface area (Å²) in [5.41, 5.74) is 0.646. The van der Waals surface area contributed by atoms with Crippen LogP contribution in [0.1, 0.15) is 93.9 Å². The highest BCUT2D eigenvalue weighted by Crippen LogP contribution is 2.39. The van der Waals surface area contributed by atoms with Crippen molar-refractivity contribution in [3.8, 4) is 0 Å². The Morgan fingerprint density at radius 3 is 2.00 bits per heavy atom. The molecule has 7 nitrogen and oxygen atoms in total. The zero-order valence-corrected chi connectivity index (χ0v) is 30.2. The number of rotatable bonds is 14. The van der Waals surface area contributed by atoms with Crippen molar-refractivity contribution >= 4 is 24.5 Å². The number of ether oxygens (including phenoxy) is 4. The lowest BCUT2D eigenvalue weighted by Crippen LogP contribution is -2.66. The van der Waals surface area contributed by atoms with Crippen LogP contribution >= 0.6 is 0 Å². The van der Waals surface area contributed by atoms with E-state index in [-0.39, 0.29) is 29.1 Å². The topological polar surface area (TPSA) is 83.5 Å². The van der Waals surface area contributed by atoms with E-state index in [0.717, 1.165) is 12.8 Å². The molecule has 254 valence electrons. The first-order valence-corrected chi connectivity index (χ1v) is 18.8. The molecular formula is C38H56O7Si. The second-order valence-corrected chi connectivity index (χ2v) is 19.3. The van der Waals surface area contributed by atoms with Crippen LogP contribution in [0.15, 0.2) is 72.8 Å². The second kappa shape index (κ2) is 14.9. The fourth-order valence-electron chi connectivity index (χ4n) is 7.12. The number of aliphatic hydroxyl groups excluding tert-OH is 1. The molecule has 8 heteroatoms. The summed E-state index contributed by atoms with van der Waals surface area (Å²) in [6, 6.07) is 21.4. The molecule has 0 unspecified atom stereocenters. The maximum atomic E-state index is 11.6. The largest absolute Gasteiger partial charge is 0.407 e. The molecule has 5 atom stereocenters. The standard InChI is InChI=1S/C38H56O7Si/c1-27(35(40)34-26-29(23-22-28(2)39)42-37(6,7)45-34)25-33-32(43-38(8,9)44-33)21-16-24-41-46(36(3,4)5,30-17-12-10-13-18-30)31-19-14-11-15-20-31/h10-15,17-20,29,32-35,40H,1,16,21-26H2,2-9H3/t29-,32-,33-,34-,35+/m0/s1. The summed E-state index contributed by atoms with van der Waals surface area (Å²) in [7, 11) is -2.62. The quantitative estimate of drug-likeness (QED) is 0.143. The Hall–Kier alpha value is -2.17. The van der Waals surface area contributed by atoms with E-state index in [1.165, 1.54) is 10.4 Å². The van der Waals surface area contributed by atoms with Crippen LogP contribution in [0.2, 0.25) is 5.04 Å². The predicted molar refractivity (Wildman–Crippen MR) is 185 cm³/mol. The molecule has 2 fully saturated rings. The van der Waals surface area contributed by atoms with Crippen molar-refractivity contribution in [2.45, 2.75) is 141 Å². The molecule has 2 aromatic carbocycles. The van der Waals surface area contributed by atoms with Crippen molar-refractivity contribution in [2.75, 3.05) is 6.61 Å². The molecule has 0 aliphatic carbocycles. The Balaban J connectivity index is 1.42. The van der Waals surface area contributed by atoms with E-state index in [1.807, 2.05) is 27.7 Å². The molecule has 2 aromatic rings. The van der Waals surface area contributed by atoms with Gasteiger partial charge in [0.2, 0.25) is 0 Å². The molecule has 4 rings (SSSR count). The van der Waals surface area contributed by atoms with Crippen molar-refractivity contribution in [3.63, 3.8) is 0 Å². The summed E-state index contributed by atoms with van der Waals surface area (Å²) in [5.74, 6) is -1.49. The van der Waals surface area contributed by atoms with Gasteiger partial charge in [0.15, 0.2) is 11.6 Å². The molecular weight excluding hydrogens is 596 g/mol. The lowest BCUT2D eigenvalue weighted by molar-refractivity contribution is -0.310. The number of aliphatic hydroxyl groups is 1. The fourth-order valence-corrected chi connectivity index (χ4v) is 11.7. The van der Waals surface area contributed by atoms with Gasteiger partial charge in [0.25, 0.3) is 8.32 Å². The highest BCUT2D eigenvalue weighted by Gasteiger charge is 2.50. The van der Waals surface area contributed by atoms with Crippen LogP contribution < -0.4 is 10.4 Å². The molecule has 2 heterocycles. The Bertz CT molecular complexity index is 1250. The SMILES string of the molecule is C=C(C[C@@H]1OC(C)(C)O[C@H]1CCCO[Si](c1ccccc1)(c1ccccc1)C(C)(C)C)[C@@H](O)[C@@H]1C[C@H](CCC(C)=O)OC(C)(C)O1. The van der Waals surface area contributed by atoms with Gasteiger partial charge in [-0.15, -0.1) is 0 Å². The van der Waals surface area contributed by atoms with E-state index in [9.17, 15) is 9.90 Å². The van der Waals surface area contributed by atoms with E-state index >= 15 is 0 Å². The van der Waals surface area contributed by atoms with E-state index in [1.54, 1.807) is 6.92 Å². The minimum absolute atomic E-state index is 0.0903. The van der Waals surface area contributed by atoms with Crippen LogP contribution in [-0.4, -0.2) is 67.9 Å². The number of hydrogen-bond acceptors (Lipinski definition) is 7. The summed E-state index contributed by atoms with van der Waals surface area (Å²) in [6.45, 7) is 20.9. The molecule has 0 amide bonds. The molecule has 2 saturated heterocycles. The highest BCUT2D eigenvalue weighted by molar-refractivity contribution is 6.99. The first-order chi connectivity index (χ1) is 21.5. The van der Waals surface area contributed by atoms with E-state index in [4.69, 9.17) is 23.4 Å². The minimum Gasteiger partial charge on any atom is -0.407 e. The van der Waals surface area contributed by atoms with Gasteiger partial charge in [-0.1, -0.05) is 88.0 Å². The summed E-state index contributed by atoms with van der Waals surface area (Å²) in [6.07, 6.45) is 1.56. The van der Waals surface area contributed by atoms with Crippen LogP contribution in [0.5, 0.6) is 0 Å². The fraction of sp³-hybridized carbons (Fsp3) is 0.605. The average Bonchev–Trinajstić information content (AvgIpc) is 3.27. The van der Waals surface area contributed by atoms with Crippen LogP contribution in [0.25, 0.3) is 0 Å². The molecule has 0 aromatic heterocycles. The maximum Gasteiger partial charge on any atom is 0.261 e. The molecule has 0 saturated carbocycles. The van der Waals surface area contributed by atoms with Gasteiger partial charge in [0.05, 0.1) is 24.4 Å². The summed E-state index contributed by atoms with van der Waals surface area (Å²) < 4.78 is 32.0. The van der Waals surface area contributed by atoms with Gasteiger partial charge in [0.1, 0.15) is 11.9 Å². The van der Waals surface area contributed by atoms with Crippen LogP contribution in [0, 0.1) is 0 Å². The van der Waals surface area contributed by atoms with Gasteiger partial charge < -0.3 is 33.3 Å². The third kappa shape index (κ3) is 9.04. The summed E-state index contributed by atoms with van der Waals surface area (Å²) in [5, 5.41) is 13.8. The van der Waals surface area contributed by atoms with Gasteiger partial charge >= 0.3 is 0 Å². The normalized spacial score (nSPS) is 25.2. The second-order valence-electron chi connectivity index (χ2n) is 14.9. The third-order valence-electron chi connectivity index (χ3n) is 9.09. The Morgan fingerprint density at radius 1 is 0.913 bits per heavy atom. The van der Waals surface area contributed by atoms with E-state index in [0.29, 0.717) is 37.9 Å². The first-order valence-electron chi connectivity index (χ1n) is 16.8. The van der Waals surface area contributed by atoms with Gasteiger partial charge in [-0.3, -0.25) is 0 Å². The van der Waals surface area contributed by atoms with Crippen molar-refractivity contribution in [1.29, 1.82) is 0 Å². The lowest BCUT2D eigenvalue weighted by atomic mass is 9.92. The number of ketones is 1. The van der Waals surface area contributed by atoms with E-state index in [2.05, 4.69) is 88.0 Å². The number of carbonyl (C=O) groups excluding carboxylic acids is 1. The minimum atomic E-state index is -2.62. The highest BCUT2D eigenvalue weighted by atomic mass is 28.4. The summed E-state index contributed by atoms with van der Waals surface area (Å²) >= 11 is 0. The lowest BCUT2D eigenvalue weighted by Gasteiger charge is -2.43. The van der Waals surface area contributed by atoms with Crippen LogP contribution in [-0.2, 0) is 28.2 Å². The number of benzene rings is 2. The number of carbonyl (C=O) groups is 1. The average molecular weight is 653 g/mol. The van der Waals surface area contributed by atoms with Crippen molar-refractivity contribution in [3.05, 3.63) is 72.8 Å². The van der Waals surface area contributed by atoms with E-state index < -0.39 is 32.1 Å². The van der Waals surface area contributed by atoms with Crippen molar-refractivity contribution < 1.29 is 33.3 Å². The molecule has 0 bridgehead atoms. The first kappa shape index (κ1) is 36.7. The zero-order valence-electron chi connectivity index (χ0n) is 29.2. The van der Waals surface area contributed by atoms with Crippen LogP contribution in [0.3, 0.4) is 0 Å². The predicted octanol–water partition coefficient (Wildman–Crippen LogP) is 6.45. The molecule has 2 aliphatic rings. The van der Waals surface area contributed by atoms with Gasteiger partial charge in [-0.05, 0) is 81.3 Å². The Morgan fingerprint density at radius 2 is 1.46 bits per heavy atom. The Kier molecular flexibility index (Phi) is 11.9. The molecule has 2 aliphatic heterocycles. The third-order valence-corrected chi connectivity index (χ3v) is 14.1. The number of hydrogen-bond donors (Lipinski definition) is 1. The van der Waals surface area contributed by atoms with Gasteiger partial charge in [0, 0.05) is 19.4 Å².